The zero-order valence-electron chi connectivity index (χ0n) is 15.0. The van der Waals surface area contributed by atoms with E-state index in [1.54, 1.807) is 17.6 Å². The van der Waals surface area contributed by atoms with Gasteiger partial charge in [0.1, 0.15) is 6.33 Å². The van der Waals surface area contributed by atoms with Gasteiger partial charge in [0, 0.05) is 25.0 Å². The van der Waals surface area contributed by atoms with E-state index in [4.69, 9.17) is 0 Å². The van der Waals surface area contributed by atoms with E-state index in [0.29, 0.717) is 28.3 Å². The summed E-state index contributed by atoms with van der Waals surface area (Å²) in [6, 6.07) is 4.79. The van der Waals surface area contributed by atoms with E-state index < -0.39 is 11.7 Å². The van der Waals surface area contributed by atoms with Crippen molar-refractivity contribution in [2.75, 3.05) is 11.9 Å². The molecule has 4 aromatic rings. The molecule has 146 valence electrons. The summed E-state index contributed by atoms with van der Waals surface area (Å²) in [7, 11) is 1.55. The molecular formula is C19H13F3N6O. The summed E-state index contributed by atoms with van der Waals surface area (Å²) in [6.45, 7) is 0. The minimum atomic E-state index is -4.40. The second-order valence-corrected chi connectivity index (χ2v) is 6.18. The van der Waals surface area contributed by atoms with Gasteiger partial charge in [-0.15, -0.1) is 0 Å². The molecule has 10 heteroatoms. The average Bonchev–Trinajstić information content (AvgIpc) is 3.16. The molecule has 0 fully saturated rings. The fraction of sp³-hybridized carbons (Fsp3) is 0.105. The van der Waals surface area contributed by atoms with Crippen LogP contribution in [0.1, 0.15) is 15.9 Å². The Bertz CT molecular complexity index is 1170. The number of nitrogens with zero attached hydrogens (tertiary/aromatic N) is 6. The second-order valence-electron chi connectivity index (χ2n) is 6.18. The van der Waals surface area contributed by atoms with Crippen molar-refractivity contribution in [3.05, 3.63) is 72.7 Å². The number of anilines is 1. The fourth-order valence-electron chi connectivity index (χ4n) is 2.80. The van der Waals surface area contributed by atoms with Crippen LogP contribution in [0.15, 0.2) is 61.6 Å². The first-order valence-electron chi connectivity index (χ1n) is 8.38. The monoisotopic (exact) mass is 398 g/mol. The number of hydrogen-bond donors (Lipinski definition) is 0. The zero-order chi connectivity index (χ0) is 20.6. The fourth-order valence-corrected chi connectivity index (χ4v) is 2.80. The minimum absolute atomic E-state index is 0.297. The van der Waals surface area contributed by atoms with E-state index >= 15 is 0 Å². The Morgan fingerprint density at radius 1 is 1.00 bits per heavy atom. The molecule has 0 aliphatic rings. The first-order valence-corrected chi connectivity index (χ1v) is 8.38. The first-order chi connectivity index (χ1) is 13.8. The summed E-state index contributed by atoms with van der Waals surface area (Å²) >= 11 is 0. The van der Waals surface area contributed by atoms with E-state index in [0.717, 1.165) is 12.1 Å². The Morgan fingerprint density at radius 2 is 1.69 bits per heavy atom. The quantitative estimate of drug-likeness (QED) is 0.528. The SMILES string of the molecule is CN(C(=O)c1cncnc1)c1cn2c(-c3ccc(C(F)(F)F)cc3)cnc2cn1. The molecule has 4 rings (SSSR count). The van der Waals surface area contributed by atoms with Crippen LogP contribution in [0.25, 0.3) is 16.9 Å². The molecule has 0 saturated carbocycles. The van der Waals surface area contributed by atoms with Crippen molar-refractivity contribution >= 4 is 17.4 Å². The lowest BCUT2D eigenvalue weighted by molar-refractivity contribution is -0.137. The lowest BCUT2D eigenvalue weighted by Gasteiger charge is -2.16. The average molecular weight is 398 g/mol. The predicted molar refractivity (Wildman–Crippen MR) is 98.2 cm³/mol. The molecule has 0 unspecified atom stereocenters. The lowest BCUT2D eigenvalue weighted by Crippen LogP contribution is -2.27. The summed E-state index contributed by atoms with van der Waals surface area (Å²) in [6.07, 6.45) is 4.33. The first kappa shape index (κ1) is 18.5. The maximum Gasteiger partial charge on any atom is 0.416 e. The normalized spacial score (nSPS) is 11.6. The van der Waals surface area contributed by atoms with Crippen molar-refractivity contribution in [1.82, 2.24) is 24.3 Å². The third-order valence-corrected chi connectivity index (χ3v) is 4.35. The molecule has 0 radical (unpaired) electrons. The molecule has 0 aliphatic carbocycles. The number of rotatable bonds is 3. The highest BCUT2D eigenvalue weighted by Gasteiger charge is 2.30. The second kappa shape index (κ2) is 6.97. The van der Waals surface area contributed by atoms with Crippen molar-refractivity contribution < 1.29 is 18.0 Å². The largest absolute Gasteiger partial charge is 0.416 e. The molecule has 3 heterocycles. The number of fused-ring (bicyclic) bond motifs is 1. The summed E-state index contributed by atoms with van der Waals surface area (Å²) in [4.78, 5) is 30.0. The third kappa shape index (κ3) is 3.51. The highest BCUT2D eigenvalue weighted by atomic mass is 19.4. The Labute approximate surface area is 162 Å². The predicted octanol–water partition coefficient (Wildman–Crippen LogP) is 3.48. The van der Waals surface area contributed by atoms with Gasteiger partial charge < -0.3 is 0 Å². The molecule has 29 heavy (non-hydrogen) atoms. The molecule has 0 spiro atoms. The summed E-state index contributed by atoms with van der Waals surface area (Å²) in [5, 5.41) is 0. The molecule has 0 atom stereocenters. The molecule has 1 aromatic carbocycles. The summed E-state index contributed by atoms with van der Waals surface area (Å²) < 4.78 is 40.1. The number of carbonyl (C=O) groups is 1. The van der Waals surface area contributed by atoms with Crippen LogP contribution in [0.3, 0.4) is 0 Å². The minimum Gasteiger partial charge on any atom is -0.295 e. The molecule has 3 aromatic heterocycles. The van der Waals surface area contributed by atoms with Gasteiger partial charge in [0.25, 0.3) is 5.91 Å². The Morgan fingerprint density at radius 3 is 2.34 bits per heavy atom. The van der Waals surface area contributed by atoms with Gasteiger partial charge in [-0.3, -0.25) is 14.1 Å². The zero-order valence-corrected chi connectivity index (χ0v) is 15.0. The van der Waals surface area contributed by atoms with Crippen molar-refractivity contribution in [2.24, 2.45) is 0 Å². The van der Waals surface area contributed by atoms with Gasteiger partial charge in [0.2, 0.25) is 0 Å². The number of alkyl halides is 3. The number of hydrogen-bond acceptors (Lipinski definition) is 5. The summed E-state index contributed by atoms with van der Waals surface area (Å²) in [5.41, 5.74) is 1.18. The maximum absolute atomic E-state index is 12.8. The van der Waals surface area contributed by atoms with E-state index in [2.05, 4.69) is 19.9 Å². The molecule has 1 amide bonds. The van der Waals surface area contributed by atoms with Crippen molar-refractivity contribution in [3.8, 4) is 11.3 Å². The van der Waals surface area contributed by atoms with Gasteiger partial charge in [-0.05, 0) is 12.1 Å². The Balaban J connectivity index is 1.70. The standard InChI is InChI=1S/C19H13F3N6O/c1-27(18(29)13-6-23-11-24-7-13)17-10-28-15(8-25-16(28)9-26-17)12-2-4-14(5-3-12)19(20,21)22/h2-11H,1H3. The van der Waals surface area contributed by atoms with Crippen molar-refractivity contribution in [1.29, 1.82) is 0 Å². The van der Waals surface area contributed by atoms with Crippen LogP contribution in [0, 0.1) is 0 Å². The Kier molecular flexibility index (Phi) is 4.45. The summed E-state index contributed by atoms with van der Waals surface area (Å²) in [5.74, 6) is -0.0221. The highest BCUT2D eigenvalue weighted by Crippen LogP contribution is 2.31. The number of halogens is 3. The van der Waals surface area contributed by atoms with E-state index in [-0.39, 0.29) is 5.91 Å². The molecule has 0 N–H and O–H groups in total. The smallest absolute Gasteiger partial charge is 0.295 e. The van der Waals surface area contributed by atoms with Crippen LogP contribution >= 0.6 is 0 Å². The van der Waals surface area contributed by atoms with Crippen molar-refractivity contribution in [3.63, 3.8) is 0 Å². The van der Waals surface area contributed by atoms with Gasteiger partial charge in [0.05, 0.1) is 35.4 Å². The van der Waals surface area contributed by atoms with Crippen molar-refractivity contribution in [2.45, 2.75) is 6.18 Å². The molecule has 0 bridgehead atoms. The number of imidazole rings is 1. The van der Waals surface area contributed by atoms with Gasteiger partial charge in [0.15, 0.2) is 11.5 Å². The van der Waals surface area contributed by atoms with Gasteiger partial charge in [-0.1, -0.05) is 12.1 Å². The van der Waals surface area contributed by atoms with Gasteiger partial charge in [-0.25, -0.2) is 19.9 Å². The van der Waals surface area contributed by atoms with Crippen LogP contribution in [0.2, 0.25) is 0 Å². The van der Waals surface area contributed by atoms with Crippen LogP contribution in [-0.4, -0.2) is 37.3 Å². The highest BCUT2D eigenvalue weighted by molar-refractivity contribution is 6.04. The Hall–Kier alpha value is -3.82. The lowest BCUT2D eigenvalue weighted by atomic mass is 10.1. The van der Waals surface area contributed by atoms with E-state index in [1.807, 2.05) is 0 Å². The van der Waals surface area contributed by atoms with E-state index in [9.17, 15) is 18.0 Å². The maximum atomic E-state index is 12.8. The molecule has 0 aliphatic heterocycles. The number of amides is 1. The number of aromatic nitrogens is 5. The van der Waals surface area contributed by atoms with Crippen LogP contribution in [0.4, 0.5) is 19.0 Å². The molecule has 7 nitrogen and oxygen atoms in total. The van der Waals surface area contributed by atoms with Crippen LogP contribution in [-0.2, 0) is 6.18 Å². The van der Waals surface area contributed by atoms with Gasteiger partial charge >= 0.3 is 6.18 Å². The molecular weight excluding hydrogens is 385 g/mol. The van der Waals surface area contributed by atoms with Gasteiger partial charge in [-0.2, -0.15) is 13.2 Å². The van der Waals surface area contributed by atoms with Crippen LogP contribution < -0.4 is 4.90 Å². The molecule has 0 saturated heterocycles. The number of carbonyl (C=O) groups excluding carboxylic acids is 1. The third-order valence-electron chi connectivity index (χ3n) is 4.35. The van der Waals surface area contributed by atoms with Crippen LogP contribution in [0.5, 0.6) is 0 Å². The topological polar surface area (TPSA) is 76.3 Å². The number of benzene rings is 1. The van der Waals surface area contributed by atoms with E-state index in [1.165, 1.54) is 48.1 Å².